The van der Waals surface area contributed by atoms with Crippen molar-refractivity contribution in [2.45, 2.75) is 4.90 Å². The van der Waals surface area contributed by atoms with Crippen molar-refractivity contribution in [3.05, 3.63) is 114 Å². The lowest BCUT2D eigenvalue weighted by Gasteiger charge is -2.13. The van der Waals surface area contributed by atoms with Crippen LogP contribution in [0.3, 0.4) is 0 Å². The van der Waals surface area contributed by atoms with Gasteiger partial charge >= 0.3 is 0 Å². The molecule has 0 fully saturated rings. The molecule has 3 aromatic carbocycles. The average molecular weight is 458 g/mol. The molecular weight excluding hydrogens is 440 g/mol. The Bertz CT molecular complexity index is 1390. The summed E-state index contributed by atoms with van der Waals surface area (Å²) in [6.45, 7) is 0. The highest BCUT2D eigenvalue weighted by Crippen LogP contribution is 2.23. The van der Waals surface area contributed by atoms with Gasteiger partial charge < -0.3 is 5.32 Å². The second-order valence-electron chi connectivity index (χ2n) is 6.92. The van der Waals surface area contributed by atoms with Crippen LogP contribution in [0.25, 0.3) is 0 Å². The molecule has 0 aliphatic carbocycles. The second kappa shape index (κ2) is 9.41. The smallest absolute Gasteiger partial charge is 0.275 e. The third kappa shape index (κ3) is 5.10. The number of nitrogens with one attached hydrogen (secondary N) is 2. The molecule has 0 bridgehead atoms. The van der Waals surface area contributed by atoms with E-state index < -0.39 is 15.9 Å². The summed E-state index contributed by atoms with van der Waals surface area (Å²) in [4.78, 5) is 32.8. The van der Waals surface area contributed by atoms with Crippen LogP contribution >= 0.6 is 0 Å². The van der Waals surface area contributed by atoms with E-state index in [2.05, 4.69) is 20.0 Å². The number of hydrogen-bond acceptors (Lipinski definition) is 6. The van der Waals surface area contributed by atoms with Crippen LogP contribution in [0.2, 0.25) is 0 Å². The third-order valence-corrected chi connectivity index (χ3v) is 6.05. The Hall–Kier alpha value is -4.37. The van der Waals surface area contributed by atoms with Crippen molar-refractivity contribution >= 4 is 33.1 Å². The largest absolute Gasteiger partial charge is 0.321 e. The molecule has 1 aromatic heterocycles. The maximum absolute atomic E-state index is 12.9. The molecule has 33 heavy (non-hydrogen) atoms. The molecule has 0 unspecified atom stereocenters. The fraction of sp³-hybridized carbons (Fsp3) is 0. The van der Waals surface area contributed by atoms with Gasteiger partial charge in [0.1, 0.15) is 5.69 Å². The molecule has 0 saturated heterocycles. The van der Waals surface area contributed by atoms with Gasteiger partial charge in [-0.15, -0.1) is 0 Å². The van der Waals surface area contributed by atoms with Crippen molar-refractivity contribution in [1.82, 2.24) is 9.97 Å². The van der Waals surface area contributed by atoms with E-state index in [1.807, 2.05) is 0 Å². The molecule has 1 amide bonds. The molecule has 0 aliphatic heterocycles. The fourth-order valence-electron chi connectivity index (χ4n) is 3.05. The highest BCUT2D eigenvalue weighted by atomic mass is 32.2. The van der Waals surface area contributed by atoms with Crippen LogP contribution in [-0.4, -0.2) is 30.1 Å². The molecule has 4 rings (SSSR count). The first kappa shape index (κ1) is 21.8. The van der Waals surface area contributed by atoms with Crippen LogP contribution in [0, 0.1) is 0 Å². The van der Waals surface area contributed by atoms with E-state index in [-0.39, 0.29) is 27.6 Å². The van der Waals surface area contributed by atoms with Gasteiger partial charge in [0.25, 0.3) is 15.9 Å². The Kier molecular flexibility index (Phi) is 6.23. The molecule has 0 aliphatic rings. The number of amides is 1. The highest BCUT2D eigenvalue weighted by Gasteiger charge is 2.19. The van der Waals surface area contributed by atoms with E-state index in [1.54, 1.807) is 48.5 Å². The molecule has 0 atom stereocenters. The SMILES string of the molecule is O=C(Nc1ccc(S(=O)(=O)Nc2ccccc2C(=O)c2ccccc2)cc1)c1cnccn1. The minimum Gasteiger partial charge on any atom is -0.321 e. The van der Waals surface area contributed by atoms with Crippen molar-refractivity contribution in [2.75, 3.05) is 10.0 Å². The lowest BCUT2D eigenvalue weighted by atomic mass is 10.0. The predicted octanol–water partition coefficient (Wildman–Crippen LogP) is 3.76. The maximum Gasteiger partial charge on any atom is 0.275 e. The van der Waals surface area contributed by atoms with Gasteiger partial charge in [-0.3, -0.25) is 19.3 Å². The molecule has 2 N–H and O–H groups in total. The molecule has 1 heterocycles. The van der Waals surface area contributed by atoms with Crippen LogP contribution in [0.5, 0.6) is 0 Å². The quantitative estimate of drug-likeness (QED) is 0.407. The molecule has 4 aromatic rings. The number of rotatable bonds is 7. The van der Waals surface area contributed by atoms with Crippen molar-refractivity contribution in [3.8, 4) is 0 Å². The lowest BCUT2D eigenvalue weighted by molar-refractivity contribution is 0.101. The van der Waals surface area contributed by atoms with E-state index in [0.717, 1.165) is 0 Å². The predicted molar refractivity (Wildman–Crippen MR) is 124 cm³/mol. The minimum absolute atomic E-state index is 0.0260. The first-order valence-electron chi connectivity index (χ1n) is 9.83. The number of para-hydroxylation sites is 1. The zero-order valence-corrected chi connectivity index (χ0v) is 18.0. The third-order valence-electron chi connectivity index (χ3n) is 4.67. The number of aromatic nitrogens is 2. The Morgan fingerprint density at radius 2 is 1.48 bits per heavy atom. The van der Waals surface area contributed by atoms with Crippen LogP contribution in [0.15, 0.2) is 102 Å². The standard InChI is InChI=1S/C24H18N4O4S/c29-23(17-6-2-1-3-7-17)20-8-4-5-9-21(20)28-33(31,32)19-12-10-18(11-13-19)27-24(30)22-16-25-14-15-26-22/h1-16,28H,(H,27,30). The summed E-state index contributed by atoms with van der Waals surface area (Å²) in [6.07, 6.45) is 4.18. The number of ketones is 1. The van der Waals surface area contributed by atoms with Crippen LogP contribution in [0.4, 0.5) is 11.4 Å². The summed E-state index contributed by atoms with van der Waals surface area (Å²) < 4.78 is 28.4. The Labute approximate surface area is 190 Å². The van der Waals surface area contributed by atoms with Crippen molar-refractivity contribution < 1.29 is 18.0 Å². The van der Waals surface area contributed by atoms with Gasteiger partial charge in [0.15, 0.2) is 5.78 Å². The molecule has 0 saturated carbocycles. The first-order chi connectivity index (χ1) is 15.9. The van der Waals surface area contributed by atoms with E-state index in [0.29, 0.717) is 11.3 Å². The summed E-state index contributed by atoms with van der Waals surface area (Å²) in [5.41, 5.74) is 1.39. The maximum atomic E-state index is 12.9. The second-order valence-corrected chi connectivity index (χ2v) is 8.60. The van der Waals surface area contributed by atoms with Gasteiger partial charge in [0, 0.05) is 29.2 Å². The minimum atomic E-state index is -3.99. The summed E-state index contributed by atoms with van der Waals surface area (Å²) in [5.74, 6) is -0.763. The topological polar surface area (TPSA) is 118 Å². The van der Waals surface area contributed by atoms with Gasteiger partial charge in [-0.25, -0.2) is 13.4 Å². The van der Waals surface area contributed by atoms with E-state index in [4.69, 9.17) is 0 Å². The molecular formula is C24H18N4O4S. The average Bonchev–Trinajstić information content (AvgIpc) is 2.85. The van der Waals surface area contributed by atoms with Crippen LogP contribution in [0.1, 0.15) is 26.4 Å². The van der Waals surface area contributed by atoms with Crippen molar-refractivity contribution in [2.24, 2.45) is 0 Å². The zero-order chi connectivity index (χ0) is 23.3. The summed E-state index contributed by atoms with van der Waals surface area (Å²) in [5, 5.41) is 2.63. The fourth-order valence-corrected chi connectivity index (χ4v) is 4.13. The van der Waals surface area contributed by atoms with Gasteiger partial charge in [0.05, 0.1) is 16.8 Å². The zero-order valence-electron chi connectivity index (χ0n) is 17.2. The van der Waals surface area contributed by atoms with Gasteiger partial charge in [0.2, 0.25) is 0 Å². The van der Waals surface area contributed by atoms with E-state index in [9.17, 15) is 18.0 Å². The highest BCUT2D eigenvalue weighted by molar-refractivity contribution is 7.92. The molecule has 9 heteroatoms. The van der Waals surface area contributed by atoms with E-state index in [1.165, 1.54) is 48.9 Å². The van der Waals surface area contributed by atoms with Crippen LogP contribution < -0.4 is 10.0 Å². The molecule has 0 radical (unpaired) electrons. The summed E-state index contributed by atoms with van der Waals surface area (Å²) in [7, 11) is -3.99. The van der Waals surface area contributed by atoms with Crippen LogP contribution in [-0.2, 0) is 10.0 Å². The number of sulfonamides is 1. The Morgan fingerprint density at radius 3 is 2.18 bits per heavy atom. The number of carbonyl (C=O) groups is 2. The summed E-state index contributed by atoms with van der Waals surface area (Å²) >= 11 is 0. The van der Waals surface area contributed by atoms with Crippen molar-refractivity contribution in [3.63, 3.8) is 0 Å². The number of carbonyl (C=O) groups excluding carboxylic acids is 2. The Morgan fingerprint density at radius 1 is 0.788 bits per heavy atom. The molecule has 164 valence electrons. The summed E-state index contributed by atoms with van der Waals surface area (Å²) in [6, 6.07) is 20.7. The number of nitrogens with zero attached hydrogens (tertiary/aromatic N) is 2. The normalized spacial score (nSPS) is 10.9. The van der Waals surface area contributed by atoms with Gasteiger partial charge in [-0.1, -0.05) is 42.5 Å². The first-order valence-corrected chi connectivity index (χ1v) is 11.3. The number of hydrogen-bond donors (Lipinski definition) is 2. The number of benzene rings is 3. The van der Waals surface area contributed by atoms with Gasteiger partial charge in [-0.2, -0.15) is 0 Å². The monoisotopic (exact) mass is 458 g/mol. The molecule has 8 nitrogen and oxygen atoms in total. The number of anilines is 2. The lowest BCUT2D eigenvalue weighted by Crippen LogP contribution is -2.16. The van der Waals surface area contributed by atoms with Gasteiger partial charge in [-0.05, 0) is 36.4 Å². The molecule has 0 spiro atoms. The van der Waals surface area contributed by atoms with Crippen molar-refractivity contribution in [1.29, 1.82) is 0 Å². The Balaban J connectivity index is 1.53. The van der Waals surface area contributed by atoms with E-state index >= 15 is 0 Å².